The van der Waals surface area contributed by atoms with Crippen LogP contribution in [0.4, 0.5) is 5.82 Å². The predicted molar refractivity (Wildman–Crippen MR) is 70.6 cm³/mol. The second-order valence-electron chi connectivity index (χ2n) is 4.99. The van der Waals surface area contributed by atoms with Crippen LogP contribution < -0.4 is 5.73 Å². The lowest BCUT2D eigenvalue weighted by Gasteiger charge is -2.36. The Labute approximate surface area is 112 Å². The molecule has 7 heteroatoms. The van der Waals surface area contributed by atoms with Crippen LogP contribution in [0, 0.1) is 0 Å². The van der Waals surface area contributed by atoms with Crippen molar-refractivity contribution in [1.82, 2.24) is 20.1 Å². The number of rotatable bonds is 4. The van der Waals surface area contributed by atoms with Crippen molar-refractivity contribution in [3.8, 4) is 0 Å². The first-order valence-corrected chi connectivity index (χ1v) is 6.71. The highest BCUT2D eigenvalue weighted by atomic mass is 16.6. The van der Waals surface area contributed by atoms with E-state index in [0.717, 1.165) is 32.5 Å². The van der Waals surface area contributed by atoms with Crippen LogP contribution in [0.2, 0.25) is 0 Å². The van der Waals surface area contributed by atoms with Gasteiger partial charge >= 0.3 is 0 Å². The molecule has 0 saturated carbocycles. The van der Waals surface area contributed by atoms with E-state index in [4.69, 9.17) is 5.73 Å². The molecule has 0 spiro atoms. The van der Waals surface area contributed by atoms with Crippen molar-refractivity contribution in [3.05, 3.63) is 5.69 Å². The fourth-order valence-corrected chi connectivity index (χ4v) is 2.52. The third kappa shape index (κ3) is 3.04. The van der Waals surface area contributed by atoms with Crippen molar-refractivity contribution < 1.29 is 9.42 Å². The van der Waals surface area contributed by atoms with Crippen LogP contribution >= 0.6 is 0 Å². The van der Waals surface area contributed by atoms with E-state index in [1.807, 2.05) is 0 Å². The lowest BCUT2D eigenvalue weighted by molar-refractivity contribution is 0.0633. The van der Waals surface area contributed by atoms with Gasteiger partial charge in [0.1, 0.15) is 0 Å². The summed E-state index contributed by atoms with van der Waals surface area (Å²) in [6.45, 7) is 5.37. The highest BCUT2D eigenvalue weighted by Crippen LogP contribution is 2.18. The van der Waals surface area contributed by atoms with Crippen LogP contribution in [0.1, 0.15) is 36.7 Å². The summed E-state index contributed by atoms with van der Waals surface area (Å²) in [6, 6.07) is 0.233. The summed E-state index contributed by atoms with van der Waals surface area (Å²) in [5, 5.41) is 7.00. The molecule has 1 fully saturated rings. The topological polar surface area (TPSA) is 88.5 Å². The first-order valence-electron chi connectivity index (χ1n) is 6.71. The molecular weight excluding hydrogens is 246 g/mol. The number of hydrogen-bond donors (Lipinski definition) is 1. The molecule has 7 nitrogen and oxygen atoms in total. The Morgan fingerprint density at radius 1 is 1.47 bits per heavy atom. The van der Waals surface area contributed by atoms with Gasteiger partial charge in [0.25, 0.3) is 5.91 Å². The molecule has 1 amide bonds. The maximum absolute atomic E-state index is 12.2. The zero-order chi connectivity index (χ0) is 13.8. The van der Waals surface area contributed by atoms with Crippen molar-refractivity contribution >= 4 is 11.7 Å². The maximum Gasteiger partial charge on any atom is 0.280 e. The van der Waals surface area contributed by atoms with Crippen molar-refractivity contribution in [1.29, 1.82) is 0 Å². The quantitative estimate of drug-likeness (QED) is 0.859. The number of carbonyl (C=O) groups is 1. The third-order valence-corrected chi connectivity index (χ3v) is 3.68. The van der Waals surface area contributed by atoms with E-state index in [1.54, 1.807) is 11.9 Å². The highest BCUT2D eigenvalue weighted by molar-refractivity contribution is 5.96. The van der Waals surface area contributed by atoms with Crippen LogP contribution in [0.25, 0.3) is 0 Å². The van der Waals surface area contributed by atoms with Crippen molar-refractivity contribution in [2.24, 2.45) is 0 Å². The number of nitrogens with zero attached hydrogens (tertiary/aromatic N) is 4. The van der Waals surface area contributed by atoms with Crippen molar-refractivity contribution in [2.75, 3.05) is 32.4 Å². The predicted octanol–water partition coefficient (Wildman–Crippen LogP) is 0.598. The molecule has 1 aromatic heterocycles. The number of anilines is 1. The number of nitrogens with two attached hydrogens (primary N) is 1. The molecule has 0 aromatic carbocycles. The molecule has 2 rings (SSSR count). The van der Waals surface area contributed by atoms with Gasteiger partial charge in [-0.05, 0) is 36.1 Å². The molecule has 0 bridgehead atoms. The van der Waals surface area contributed by atoms with E-state index >= 15 is 0 Å². The van der Waals surface area contributed by atoms with E-state index in [0.29, 0.717) is 0 Å². The van der Waals surface area contributed by atoms with Gasteiger partial charge in [0, 0.05) is 26.2 Å². The molecule has 1 saturated heterocycles. The van der Waals surface area contributed by atoms with E-state index in [9.17, 15) is 4.79 Å². The first-order chi connectivity index (χ1) is 9.13. The lowest BCUT2D eigenvalue weighted by atomic mass is 10.0. The zero-order valence-electron chi connectivity index (χ0n) is 11.5. The Morgan fingerprint density at radius 2 is 2.16 bits per heavy atom. The van der Waals surface area contributed by atoms with Crippen LogP contribution in [0.3, 0.4) is 0 Å². The smallest absolute Gasteiger partial charge is 0.280 e. The lowest BCUT2D eigenvalue weighted by Crippen LogP contribution is -2.45. The molecule has 2 heterocycles. The van der Waals surface area contributed by atoms with Gasteiger partial charge in [-0.15, -0.1) is 0 Å². The minimum absolute atomic E-state index is 0.0558. The van der Waals surface area contributed by atoms with Crippen molar-refractivity contribution in [3.63, 3.8) is 0 Å². The first kappa shape index (κ1) is 13.8. The van der Waals surface area contributed by atoms with Crippen LogP contribution in [-0.2, 0) is 0 Å². The second kappa shape index (κ2) is 6.01. The summed E-state index contributed by atoms with van der Waals surface area (Å²) in [4.78, 5) is 16.3. The van der Waals surface area contributed by atoms with Gasteiger partial charge in [-0.25, -0.2) is 4.63 Å². The summed E-state index contributed by atoms with van der Waals surface area (Å²) in [5.74, 6) is -0.159. The number of likely N-dealkylation sites (tertiary alicyclic amines) is 1. The SMILES string of the molecule is CCCN1CCC(N(C)C(=O)c2nonc2N)CC1. The fourth-order valence-electron chi connectivity index (χ4n) is 2.52. The molecule has 0 atom stereocenters. The molecule has 106 valence electrons. The minimum atomic E-state index is -0.215. The normalized spacial score (nSPS) is 17.6. The Morgan fingerprint density at radius 3 is 2.68 bits per heavy atom. The second-order valence-corrected chi connectivity index (χ2v) is 4.99. The number of hydrogen-bond acceptors (Lipinski definition) is 6. The summed E-state index contributed by atoms with van der Waals surface area (Å²) in [6.07, 6.45) is 3.13. The van der Waals surface area contributed by atoms with E-state index in [1.165, 1.54) is 6.42 Å². The minimum Gasteiger partial charge on any atom is -0.379 e. The Balaban J connectivity index is 1.92. The molecule has 0 unspecified atom stereocenters. The van der Waals surface area contributed by atoms with E-state index in [2.05, 4.69) is 26.8 Å². The Kier molecular flexibility index (Phi) is 4.36. The maximum atomic E-state index is 12.2. The highest BCUT2D eigenvalue weighted by Gasteiger charge is 2.28. The summed E-state index contributed by atoms with van der Waals surface area (Å²) in [5.41, 5.74) is 5.66. The van der Waals surface area contributed by atoms with E-state index in [-0.39, 0.29) is 23.5 Å². The van der Waals surface area contributed by atoms with E-state index < -0.39 is 0 Å². The molecule has 2 N–H and O–H groups in total. The molecule has 0 radical (unpaired) electrons. The zero-order valence-corrected chi connectivity index (χ0v) is 11.5. The van der Waals surface area contributed by atoms with Crippen LogP contribution in [0.15, 0.2) is 4.63 Å². The number of aromatic nitrogens is 2. The molecule has 19 heavy (non-hydrogen) atoms. The van der Waals surface area contributed by atoms with Gasteiger partial charge in [0.2, 0.25) is 11.5 Å². The van der Waals surface area contributed by atoms with Gasteiger partial charge in [-0.2, -0.15) is 0 Å². The molecule has 0 aliphatic carbocycles. The van der Waals surface area contributed by atoms with Crippen LogP contribution in [0.5, 0.6) is 0 Å². The molecule has 1 aliphatic heterocycles. The standard InChI is InChI=1S/C12H21N5O2/c1-3-6-17-7-4-9(5-8-17)16(2)12(18)10-11(13)15-19-14-10/h9H,3-8H2,1-2H3,(H2,13,15). The summed E-state index contributed by atoms with van der Waals surface area (Å²) >= 11 is 0. The largest absolute Gasteiger partial charge is 0.379 e. The number of carbonyl (C=O) groups excluding carboxylic acids is 1. The Bertz CT molecular complexity index is 426. The molecule has 1 aliphatic rings. The number of nitrogen functional groups attached to an aromatic ring is 1. The third-order valence-electron chi connectivity index (χ3n) is 3.68. The average Bonchev–Trinajstić information content (AvgIpc) is 2.84. The van der Waals surface area contributed by atoms with Gasteiger partial charge in [-0.1, -0.05) is 6.92 Å². The van der Waals surface area contributed by atoms with Gasteiger partial charge < -0.3 is 15.5 Å². The monoisotopic (exact) mass is 267 g/mol. The van der Waals surface area contributed by atoms with Gasteiger partial charge in [0.15, 0.2) is 0 Å². The van der Waals surface area contributed by atoms with Gasteiger partial charge in [-0.3, -0.25) is 4.79 Å². The fraction of sp³-hybridized carbons (Fsp3) is 0.750. The molecular formula is C12H21N5O2. The summed E-state index contributed by atoms with van der Waals surface area (Å²) < 4.78 is 4.47. The number of piperidine rings is 1. The molecule has 1 aromatic rings. The summed E-state index contributed by atoms with van der Waals surface area (Å²) in [7, 11) is 1.79. The Hall–Kier alpha value is -1.63. The van der Waals surface area contributed by atoms with Crippen LogP contribution in [-0.4, -0.2) is 58.7 Å². The number of amides is 1. The van der Waals surface area contributed by atoms with Crippen molar-refractivity contribution in [2.45, 2.75) is 32.2 Å². The van der Waals surface area contributed by atoms with Gasteiger partial charge in [0.05, 0.1) is 0 Å². The average molecular weight is 267 g/mol.